The molecule has 20 heavy (non-hydrogen) atoms. The molecule has 3 rings (SSSR count). The summed E-state index contributed by atoms with van der Waals surface area (Å²) in [6, 6.07) is 1.77. The van der Waals surface area contributed by atoms with Crippen LogP contribution in [0.25, 0.3) is 11.0 Å². The van der Waals surface area contributed by atoms with E-state index in [1.807, 2.05) is 4.57 Å². The van der Waals surface area contributed by atoms with Gasteiger partial charge in [0.15, 0.2) is 0 Å². The normalized spacial score (nSPS) is 18.8. The van der Waals surface area contributed by atoms with Crippen LogP contribution in [0.5, 0.6) is 0 Å². The zero-order chi connectivity index (χ0) is 16.8. The Morgan fingerprint density at radius 3 is 3.00 bits per heavy atom. The van der Waals surface area contributed by atoms with Crippen LogP contribution < -0.4 is 0 Å². The molecule has 1 aliphatic carbocycles. The van der Waals surface area contributed by atoms with E-state index in [2.05, 4.69) is 9.97 Å². The largest absolute Gasteiger partial charge is 0.343 e. The zero-order valence-corrected chi connectivity index (χ0v) is 11.9. The number of carbonyl (C=O) groups is 1. The standard InChI is InChI=1S/C14H17ClN4O/c1-18(2)13(20)11-7-9-8-16-14(15)17-12(9)19(11)10-5-3-4-6-10/h7-8,10H,3-6H2,1-2H3/i1D3. The van der Waals surface area contributed by atoms with Crippen LogP contribution >= 0.6 is 11.6 Å². The molecule has 5 nitrogen and oxygen atoms in total. The summed E-state index contributed by atoms with van der Waals surface area (Å²) in [6.45, 7) is -2.49. The Morgan fingerprint density at radius 1 is 1.55 bits per heavy atom. The van der Waals surface area contributed by atoms with Crippen molar-refractivity contribution >= 4 is 28.5 Å². The van der Waals surface area contributed by atoms with Crippen molar-refractivity contribution in [1.82, 2.24) is 19.4 Å². The third kappa shape index (κ3) is 2.16. The van der Waals surface area contributed by atoms with Crippen molar-refractivity contribution in [2.75, 3.05) is 14.0 Å². The molecule has 0 saturated heterocycles. The maximum atomic E-state index is 12.7. The first kappa shape index (κ1) is 10.2. The molecule has 6 heteroatoms. The molecule has 0 atom stereocenters. The molecule has 0 bridgehead atoms. The van der Waals surface area contributed by atoms with Crippen LogP contribution in [0.15, 0.2) is 12.3 Å². The highest BCUT2D eigenvalue weighted by atomic mass is 35.5. The predicted molar refractivity (Wildman–Crippen MR) is 78.1 cm³/mol. The van der Waals surface area contributed by atoms with Crippen molar-refractivity contribution in [2.24, 2.45) is 0 Å². The Hall–Kier alpha value is -1.62. The van der Waals surface area contributed by atoms with Gasteiger partial charge >= 0.3 is 0 Å². The summed E-state index contributed by atoms with van der Waals surface area (Å²) in [4.78, 5) is 21.7. The number of rotatable bonds is 2. The Balaban J connectivity index is 2.15. The highest BCUT2D eigenvalue weighted by Gasteiger charge is 2.26. The molecule has 0 radical (unpaired) electrons. The highest BCUT2D eigenvalue weighted by molar-refractivity contribution is 6.28. The fourth-order valence-electron chi connectivity index (χ4n) is 2.86. The number of hydrogen-bond donors (Lipinski definition) is 0. The van der Waals surface area contributed by atoms with Gasteiger partial charge in [-0.2, -0.15) is 4.98 Å². The van der Waals surface area contributed by atoms with Gasteiger partial charge in [-0.25, -0.2) is 4.98 Å². The zero-order valence-electron chi connectivity index (χ0n) is 14.1. The second kappa shape index (κ2) is 5.05. The van der Waals surface area contributed by atoms with Crippen molar-refractivity contribution in [2.45, 2.75) is 31.7 Å². The molecule has 106 valence electrons. The topological polar surface area (TPSA) is 51.0 Å². The smallest absolute Gasteiger partial charge is 0.270 e. The van der Waals surface area contributed by atoms with Gasteiger partial charge in [0, 0.05) is 35.8 Å². The summed E-state index contributed by atoms with van der Waals surface area (Å²) >= 11 is 5.90. The van der Waals surface area contributed by atoms with Gasteiger partial charge in [-0.3, -0.25) is 4.79 Å². The first-order valence-electron chi connectivity index (χ1n) is 8.10. The van der Waals surface area contributed by atoms with Gasteiger partial charge in [-0.15, -0.1) is 0 Å². The molecule has 1 aliphatic rings. The molecule has 1 saturated carbocycles. The van der Waals surface area contributed by atoms with E-state index < -0.39 is 12.9 Å². The van der Waals surface area contributed by atoms with Gasteiger partial charge < -0.3 is 9.47 Å². The third-order valence-corrected chi connectivity index (χ3v) is 3.94. The van der Waals surface area contributed by atoms with Gasteiger partial charge in [0.2, 0.25) is 5.28 Å². The highest BCUT2D eigenvalue weighted by Crippen LogP contribution is 2.34. The quantitative estimate of drug-likeness (QED) is 0.801. The lowest BCUT2D eigenvalue weighted by molar-refractivity contribution is 0.0815. The Labute approximate surface area is 126 Å². The molecule has 0 N–H and O–H groups in total. The van der Waals surface area contributed by atoms with Crippen molar-refractivity contribution < 1.29 is 8.91 Å². The number of aromatic nitrogens is 3. The summed E-state index contributed by atoms with van der Waals surface area (Å²) in [5.41, 5.74) is 0.904. The minimum absolute atomic E-state index is 0.109. The minimum atomic E-state index is -2.49. The second-order valence-electron chi connectivity index (χ2n) is 5.12. The summed E-state index contributed by atoms with van der Waals surface area (Å²) < 4.78 is 24.2. The van der Waals surface area contributed by atoms with Crippen molar-refractivity contribution in [3.63, 3.8) is 0 Å². The Kier molecular flexibility index (Phi) is 2.57. The number of carbonyl (C=O) groups excluding carboxylic acids is 1. The molecule has 1 fully saturated rings. The van der Waals surface area contributed by atoms with Gasteiger partial charge in [0.25, 0.3) is 5.91 Å². The van der Waals surface area contributed by atoms with Crippen LogP contribution in [0.3, 0.4) is 0 Å². The predicted octanol–water partition coefficient (Wildman–Crippen LogP) is 2.90. The second-order valence-corrected chi connectivity index (χ2v) is 5.46. The van der Waals surface area contributed by atoms with Gasteiger partial charge in [-0.1, -0.05) is 12.8 Å². The maximum Gasteiger partial charge on any atom is 0.270 e. The number of amides is 1. The van der Waals surface area contributed by atoms with Gasteiger partial charge in [0.05, 0.1) is 0 Å². The van der Waals surface area contributed by atoms with E-state index in [4.69, 9.17) is 15.7 Å². The molecule has 2 heterocycles. The van der Waals surface area contributed by atoms with E-state index in [0.29, 0.717) is 16.7 Å². The first-order valence-corrected chi connectivity index (χ1v) is 6.98. The van der Waals surface area contributed by atoms with Crippen LogP contribution in [0, 0.1) is 0 Å². The van der Waals surface area contributed by atoms with Crippen LogP contribution in [0.2, 0.25) is 5.28 Å². The lowest BCUT2D eigenvalue weighted by Crippen LogP contribution is -2.25. The monoisotopic (exact) mass is 295 g/mol. The van der Waals surface area contributed by atoms with Crippen LogP contribution in [-0.4, -0.2) is 39.4 Å². The molecule has 0 spiro atoms. The van der Waals surface area contributed by atoms with Crippen molar-refractivity contribution in [3.05, 3.63) is 23.2 Å². The molecule has 0 aromatic carbocycles. The first-order chi connectivity index (χ1) is 10.8. The molecule has 0 aliphatic heterocycles. The van der Waals surface area contributed by atoms with E-state index in [1.54, 1.807) is 12.3 Å². The van der Waals surface area contributed by atoms with E-state index in [0.717, 1.165) is 30.6 Å². The lowest BCUT2D eigenvalue weighted by Gasteiger charge is -2.18. The minimum Gasteiger partial charge on any atom is -0.343 e. The number of nitrogens with zero attached hydrogens (tertiary/aromatic N) is 4. The SMILES string of the molecule is [2H]C([2H])([2H])N(C)C(=O)c1cc2cnc(Cl)nc2n1C1CCCC1. The maximum absolute atomic E-state index is 12.7. The molecular weight excluding hydrogens is 276 g/mol. The van der Waals surface area contributed by atoms with Crippen molar-refractivity contribution in [3.8, 4) is 0 Å². The number of fused-ring (bicyclic) bond motifs is 1. The van der Waals surface area contributed by atoms with Crippen LogP contribution in [-0.2, 0) is 0 Å². The number of hydrogen-bond acceptors (Lipinski definition) is 3. The van der Waals surface area contributed by atoms with E-state index in [9.17, 15) is 4.79 Å². The average Bonchev–Trinajstić information content (AvgIpc) is 3.10. The Morgan fingerprint density at radius 2 is 2.30 bits per heavy atom. The fraction of sp³-hybridized carbons (Fsp3) is 0.500. The molecule has 0 unspecified atom stereocenters. The van der Waals surface area contributed by atoms with Crippen LogP contribution in [0.1, 0.15) is 46.3 Å². The fourth-order valence-corrected chi connectivity index (χ4v) is 2.98. The van der Waals surface area contributed by atoms with Gasteiger partial charge in [-0.05, 0) is 30.5 Å². The summed E-state index contributed by atoms with van der Waals surface area (Å²) in [5, 5.41) is 0.793. The molecule has 2 aromatic heterocycles. The van der Waals surface area contributed by atoms with E-state index in [-0.39, 0.29) is 11.3 Å². The summed E-state index contributed by atoms with van der Waals surface area (Å²) in [7, 11) is 1.28. The van der Waals surface area contributed by atoms with E-state index in [1.165, 1.54) is 7.05 Å². The van der Waals surface area contributed by atoms with Crippen molar-refractivity contribution in [1.29, 1.82) is 0 Å². The summed E-state index contributed by atoms with van der Waals surface area (Å²) in [6.07, 6.45) is 5.58. The molecule has 2 aromatic rings. The molecule has 1 amide bonds. The number of halogens is 1. The lowest BCUT2D eigenvalue weighted by atomic mass is 10.2. The van der Waals surface area contributed by atoms with E-state index >= 15 is 0 Å². The molecular formula is C14H17ClN4O. The summed E-state index contributed by atoms with van der Waals surface area (Å²) in [5.74, 6) is -0.550. The Bertz CT molecular complexity index is 752. The third-order valence-electron chi connectivity index (χ3n) is 3.76. The average molecular weight is 296 g/mol. The van der Waals surface area contributed by atoms with Crippen LogP contribution in [0.4, 0.5) is 0 Å². The van der Waals surface area contributed by atoms with Gasteiger partial charge in [0.1, 0.15) is 11.3 Å².